The second kappa shape index (κ2) is 5.58. The molecule has 0 saturated heterocycles. The Morgan fingerprint density at radius 3 is 2.71 bits per heavy atom. The van der Waals surface area contributed by atoms with Crippen molar-refractivity contribution in [1.29, 1.82) is 0 Å². The number of hydrogen-bond donors (Lipinski definition) is 1. The van der Waals surface area contributed by atoms with Crippen LogP contribution in [0.25, 0.3) is 10.9 Å². The first-order valence-corrected chi connectivity index (χ1v) is 6.39. The molecule has 21 heavy (non-hydrogen) atoms. The van der Waals surface area contributed by atoms with Crippen LogP contribution in [0.5, 0.6) is 5.75 Å². The fraction of sp³-hybridized carbons (Fsp3) is 0.0625. The lowest BCUT2D eigenvalue weighted by atomic mass is 10.1. The highest BCUT2D eigenvalue weighted by molar-refractivity contribution is 5.85. The quantitative estimate of drug-likeness (QED) is 0.795. The number of carboxylic acids is 1. The van der Waals surface area contributed by atoms with Crippen LogP contribution in [-0.2, 0) is 6.61 Å². The number of nitrogens with zero attached hydrogens (tertiary/aromatic N) is 2. The number of rotatable bonds is 4. The molecule has 0 aliphatic rings. The Morgan fingerprint density at radius 1 is 1.10 bits per heavy atom. The van der Waals surface area contributed by atoms with E-state index >= 15 is 0 Å². The fourth-order valence-electron chi connectivity index (χ4n) is 2.03. The van der Waals surface area contributed by atoms with Gasteiger partial charge in [0.25, 0.3) is 0 Å². The molecule has 0 amide bonds. The topological polar surface area (TPSA) is 72.3 Å². The van der Waals surface area contributed by atoms with Gasteiger partial charge in [-0.3, -0.25) is 4.98 Å². The first kappa shape index (κ1) is 13.1. The summed E-state index contributed by atoms with van der Waals surface area (Å²) in [7, 11) is 0. The third-order valence-corrected chi connectivity index (χ3v) is 3.09. The van der Waals surface area contributed by atoms with Crippen molar-refractivity contribution < 1.29 is 14.6 Å². The van der Waals surface area contributed by atoms with Crippen LogP contribution in [0.4, 0.5) is 0 Å². The molecule has 0 atom stereocenters. The van der Waals surface area contributed by atoms with Gasteiger partial charge in [0, 0.05) is 17.1 Å². The van der Waals surface area contributed by atoms with Crippen LogP contribution < -0.4 is 4.74 Å². The van der Waals surface area contributed by atoms with Gasteiger partial charge in [0.05, 0.1) is 11.7 Å². The summed E-state index contributed by atoms with van der Waals surface area (Å²) in [6, 6.07) is 12.8. The Kier molecular flexibility index (Phi) is 3.47. The molecule has 3 rings (SSSR count). The largest absolute Gasteiger partial charge is 0.487 e. The van der Waals surface area contributed by atoms with Gasteiger partial charge >= 0.3 is 5.97 Å². The van der Waals surface area contributed by atoms with Gasteiger partial charge in [-0.15, -0.1) is 0 Å². The average Bonchev–Trinajstić information content (AvgIpc) is 2.53. The van der Waals surface area contributed by atoms with Gasteiger partial charge in [0.2, 0.25) is 0 Å². The van der Waals surface area contributed by atoms with Gasteiger partial charge in [0.1, 0.15) is 18.1 Å². The number of pyridine rings is 2. The smallest absolute Gasteiger partial charge is 0.354 e. The van der Waals surface area contributed by atoms with E-state index in [0.717, 1.165) is 16.5 Å². The lowest BCUT2D eigenvalue weighted by Gasteiger charge is -2.08. The van der Waals surface area contributed by atoms with Crippen LogP contribution in [0.15, 0.2) is 54.9 Å². The van der Waals surface area contributed by atoms with Crippen molar-refractivity contribution in [3.63, 3.8) is 0 Å². The molecule has 1 aromatic carbocycles. The zero-order valence-corrected chi connectivity index (χ0v) is 11.1. The van der Waals surface area contributed by atoms with Crippen LogP contribution in [0.3, 0.4) is 0 Å². The molecule has 0 aliphatic heterocycles. The lowest BCUT2D eigenvalue weighted by molar-refractivity contribution is 0.0690. The fourth-order valence-corrected chi connectivity index (χ4v) is 2.03. The first-order valence-electron chi connectivity index (χ1n) is 6.39. The number of aromatic carboxylic acids is 1. The monoisotopic (exact) mass is 280 g/mol. The van der Waals surface area contributed by atoms with Crippen LogP contribution in [0, 0.1) is 0 Å². The minimum absolute atomic E-state index is 0.00305. The molecule has 104 valence electrons. The second-order valence-electron chi connectivity index (χ2n) is 4.46. The van der Waals surface area contributed by atoms with Crippen LogP contribution >= 0.6 is 0 Å². The predicted octanol–water partition coefficient (Wildman–Crippen LogP) is 2.91. The zero-order chi connectivity index (χ0) is 14.7. The second-order valence-corrected chi connectivity index (χ2v) is 4.46. The van der Waals surface area contributed by atoms with Crippen molar-refractivity contribution in [2.75, 3.05) is 0 Å². The third kappa shape index (κ3) is 2.81. The van der Waals surface area contributed by atoms with Crippen molar-refractivity contribution in [3.05, 3.63) is 66.1 Å². The first-order chi connectivity index (χ1) is 10.2. The maximum Gasteiger partial charge on any atom is 0.354 e. The molecule has 0 radical (unpaired) electrons. The highest BCUT2D eigenvalue weighted by Gasteiger charge is 2.05. The molecule has 0 saturated carbocycles. The van der Waals surface area contributed by atoms with Crippen molar-refractivity contribution >= 4 is 16.9 Å². The molecular weight excluding hydrogens is 268 g/mol. The van der Waals surface area contributed by atoms with Gasteiger partial charge < -0.3 is 9.84 Å². The molecule has 0 unspecified atom stereocenters. The Bertz CT molecular complexity index is 780. The molecule has 0 aliphatic carbocycles. The average molecular weight is 280 g/mol. The van der Waals surface area contributed by atoms with Gasteiger partial charge in [-0.25, -0.2) is 9.78 Å². The van der Waals surface area contributed by atoms with E-state index in [4.69, 9.17) is 9.84 Å². The Labute approximate surface area is 120 Å². The molecule has 3 aromatic rings. The molecule has 5 nitrogen and oxygen atoms in total. The van der Waals surface area contributed by atoms with E-state index in [-0.39, 0.29) is 5.69 Å². The molecule has 1 N–H and O–H groups in total. The summed E-state index contributed by atoms with van der Waals surface area (Å²) in [6.07, 6.45) is 3.15. The van der Waals surface area contributed by atoms with Gasteiger partial charge in [-0.05, 0) is 24.3 Å². The Hall–Kier alpha value is -2.95. The van der Waals surface area contributed by atoms with E-state index in [0.29, 0.717) is 12.4 Å². The SMILES string of the molecule is O=C(O)c1ccc(OCc2ccnc3ccccc23)cn1. The molecule has 2 aromatic heterocycles. The summed E-state index contributed by atoms with van der Waals surface area (Å²) in [5.74, 6) is -0.525. The Morgan fingerprint density at radius 2 is 1.95 bits per heavy atom. The van der Waals surface area contributed by atoms with E-state index in [9.17, 15) is 4.79 Å². The number of ether oxygens (including phenoxy) is 1. The zero-order valence-electron chi connectivity index (χ0n) is 11.1. The standard InChI is InChI=1S/C16H12N2O3/c19-16(20)15-6-5-12(9-18-15)21-10-11-7-8-17-14-4-2-1-3-13(11)14/h1-9H,10H2,(H,19,20). The molecular formula is C16H12N2O3. The number of benzene rings is 1. The van der Waals surface area contributed by atoms with E-state index in [2.05, 4.69) is 9.97 Å². The Balaban J connectivity index is 1.79. The summed E-state index contributed by atoms with van der Waals surface area (Å²) in [6.45, 7) is 0.372. The maximum absolute atomic E-state index is 10.7. The minimum Gasteiger partial charge on any atom is -0.487 e. The summed E-state index contributed by atoms with van der Waals surface area (Å²) >= 11 is 0. The number of para-hydroxylation sites is 1. The van der Waals surface area contributed by atoms with Gasteiger partial charge in [0.15, 0.2) is 0 Å². The normalized spacial score (nSPS) is 10.5. The predicted molar refractivity (Wildman–Crippen MR) is 77.3 cm³/mol. The van der Waals surface area contributed by atoms with E-state index in [1.165, 1.54) is 12.3 Å². The summed E-state index contributed by atoms with van der Waals surface area (Å²) in [5.41, 5.74) is 1.93. The summed E-state index contributed by atoms with van der Waals surface area (Å²) in [4.78, 5) is 18.8. The molecule has 5 heteroatoms. The van der Waals surface area contributed by atoms with Crippen molar-refractivity contribution in [2.24, 2.45) is 0 Å². The van der Waals surface area contributed by atoms with Gasteiger partial charge in [-0.1, -0.05) is 18.2 Å². The van der Waals surface area contributed by atoms with Crippen LogP contribution in [-0.4, -0.2) is 21.0 Å². The van der Waals surface area contributed by atoms with Crippen molar-refractivity contribution in [1.82, 2.24) is 9.97 Å². The number of aromatic nitrogens is 2. The number of fused-ring (bicyclic) bond motifs is 1. The van der Waals surface area contributed by atoms with Crippen LogP contribution in [0.1, 0.15) is 16.1 Å². The number of carboxylic acid groups (broad SMARTS) is 1. The molecule has 0 bridgehead atoms. The van der Waals surface area contributed by atoms with Crippen molar-refractivity contribution in [2.45, 2.75) is 6.61 Å². The molecule has 2 heterocycles. The lowest BCUT2D eigenvalue weighted by Crippen LogP contribution is -2.01. The number of carbonyl (C=O) groups is 1. The molecule has 0 spiro atoms. The summed E-state index contributed by atoms with van der Waals surface area (Å²) < 4.78 is 5.65. The van der Waals surface area contributed by atoms with Crippen LogP contribution in [0.2, 0.25) is 0 Å². The highest BCUT2D eigenvalue weighted by Crippen LogP contribution is 2.18. The number of hydrogen-bond acceptors (Lipinski definition) is 4. The van der Waals surface area contributed by atoms with E-state index < -0.39 is 5.97 Å². The van der Waals surface area contributed by atoms with E-state index in [1.807, 2.05) is 30.3 Å². The van der Waals surface area contributed by atoms with Gasteiger partial charge in [-0.2, -0.15) is 0 Å². The van der Waals surface area contributed by atoms with Crippen molar-refractivity contribution in [3.8, 4) is 5.75 Å². The maximum atomic E-state index is 10.7. The minimum atomic E-state index is -1.05. The molecule has 0 fully saturated rings. The highest BCUT2D eigenvalue weighted by atomic mass is 16.5. The summed E-state index contributed by atoms with van der Waals surface area (Å²) in [5, 5.41) is 9.83. The van der Waals surface area contributed by atoms with E-state index in [1.54, 1.807) is 12.3 Å². The third-order valence-electron chi connectivity index (χ3n) is 3.09.